The molecule has 0 unspecified atom stereocenters. The van der Waals surface area contributed by atoms with Gasteiger partial charge in [0, 0.05) is 16.5 Å². The Labute approximate surface area is 120 Å². The van der Waals surface area contributed by atoms with E-state index < -0.39 is 0 Å². The van der Waals surface area contributed by atoms with Gasteiger partial charge >= 0.3 is 0 Å². The quantitative estimate of drug-likeness (QED) is 0.390. The Kier molecular flexibility index (Phi) is 4.05. The normalized spacial score (nSPS) is 10.2. The van der Waals surface area contributed by atoms with Gasteiger partial charge in [-0.05, 0) is 36.8 Å². The summed E-state index contributed by atoms with van der Waals surface area (Å²) in [5.74, 6) is 0.0183. The predicted octanol–water partition coefficient (Wildman–Crippen LogP) is 3.34. The fourth-order valence-electron chi connectivity index (χ4n) is 1.82. The summed E-state index contributed by atoms with van der Waals surface area (Å²) >= 11 is 1.32. The van der Waals surface area contributed by atoms with E-state index in [2.05, 4.69) is 0 Å². The van der Waals surface area contributed by atoms with E-state index in [1.165, 1.54) is 17.8 Å². The second-order valence-corrected chi connectivity index (χ2v) is 5.33. The highest BCUT2D eigenvalue weighted by Crippen LogP contribution is 2.35. The summed E-state index contributed by atoms with van der Waals surface area (Å²) < 4.78 is 0. The molecule has 0 spiro atoms. The van der Waals surface area contributed by atoms with Gasteiger partial charge < -0.3 is 5.73 Å². The average molecular weight is 287 g/mol. The first-order chi connectivity index (χ1) is 9.49. The first-order valence-electron chi connectivity index (χ1n) is 5.85. The fourth-order valence-corrected chi connectivity index (χ4v) is 2.84. The fraction of sp³-hybridized carbons (Fsp3) is 0.0714. The molecule has 2 rings (SSSR count). The van der Waals surface area contributed by atoms with Crippen LogP contribution < -0.4 is 5.73 Å². The molecular formula is C14H13N3O2S. The van der Waals surface area contributed by atoms with E-state index in [9.17, 15) is 10.1 Å². The molecule has 0 saturated heterocycles. The largest absolute Gasteiger partial charge is 0.384 e. The van der Waals surface area contributed by atoms with Gasteiger partial charge in [-0.15, -0.1) is 0 Å². The number of nitrogens with zero attached hydrogens (tertiary/aromatic N) is 1. The summed E-state index contributed by atoms with van der Waals surface area (Å²) in [4.78, 5) is 12.0. The maximum absolute atomic E-state index is 11.0. The van der Waals surface area contributed by atoms with Gasteiger partial charge in [0.1, 0.15) is 5.84 Å². The van der Waals surface area contributed by atoms with Crippen molar-refractivity contribution in [1.29, 1.82) is 5.41 Å². The number of benzene rings is 2. The molecule has 0 bridgehead atoms. The highest BCUT2D eigenvalue weighted by molar-refractivity contribution is 7.99. The van der Waals surface area contributed by atoms with Gasteiger partial charge in [-0.2, -0.15) is 0 Å². The van der Waals surface area contributed by atoms with E-state index in [-0.39, 0.29) is 16.4 Å². The second kappa shape index (κ2) is 5.75. The van der Waals surface area contributed by atoms with Crippen molar-refractivity contribution in [3.8, 4) is 0 Å². The number of nitro benzene ring substituents is 1. The summed E-state index contributed by atoms with van der Waals surface area (Å²) in [5, 5.41) is 18.4. The van der Waals surface area contributed by atoms with Crippen LogP contribution in [0.15, 0.2) is 52.3 Å². The van der Waals surface area contributed by atoms with Crippen LogP contribution >= 0.6 is 11.8 Å². The second-order valence-electron chi connectivity index (χ2n) is 4.22. The number of nitro groups is 1. The van der Waals surface area contributed by atoms with E-state index >= 15 is 0 Å². The van der Waals surface area contributed by atoms with Crippen molar-refractivity contribution in [2.45, 2.75) is 16.7 Å². The highest BCUT2D eigenvalue weighted by atomic mass is 32.2. The number of nitrogens with one attached hydrogen (secondary N) is 1. The van der Waals surface area contributed by atoms with Crippen LogP contribution in [0.1, 0.15) is 11.1 Å². The Morgan fingerprint density at radius 1 is 1.30 bits per heavy atom. The molecule has 102 valence electrons. The lowest BCUT2D eigenvalue weighted by atomic mass is 10.1. The zero-order valence-electron chi connectivity index (χ0n) is 10.8. The van der Waals surface area contributed by atoms with Crippen molar-refractivity contribution >= 4 is 23.3 Å². The molecule has 20 heavy (non-hydrogen) atoms. The molecule has 3 N–H and O–H groups in total. The van der Waals surface area contributed by atoms with Crippen LogP contribution in [0.3, 0.4) is 0 Å². The zero-order chi connectivity index (χ0) is 14.7. The number of amidine groups is 1. The van der Waals surface area contributed by atoms with Gasteiger partial charge in [-0.1, -0.05) is 23.9 Å². The van der Waals surface area contributed by atoms with Crippen molar-refractivity contribution in [1.82, 2.24) is 0 Å². The van der Waals surface area contributed by atoms with Crippen LogP contribution in [-0.4, -0.2) is 10.8 Å². The number of rotatable bonds is 4. The lowest BCUT2D eigenvalue weighted by molar-refractivity contribution is -0.387. The SMILES string of the molecule is Cc1cc(Sc2ccccc2[N+](=O)[O-])ccc1C(=N)N. The first kappa shape index (κ1) is 14.1. The minimum atomic E-state index is -0.390. The van der Waals surface area contributed by atoms with Gasteiger partial charge in [0.2, 0.25) is 0 Å². The standard InChI is InChI=1S/C14H13N3O2S/c1-9-8-10(6-7-11(9)14(15)16)20-13-5-3-2-4-12(13)17(18)19/h2-8H,1H3,(H3,15,16). The Hall–Kier alpha value is -2.34. The van der Waals surface area contributed by atoms with E-state index in [0.29, 0.717) is 10.5 Å². The molecular weight excluding hydrogens is 274 g/mol. The number of para-hydroxylation sites is 1. The predicted molar refractivity (Wildman–Crippen MR) is 79.4 cm³/mol. The van der Waals surface area contributed by atoms with Crippen molar-refractivity contribution in [3.63, 3.8) is 0 Å². The smallest absolute Gasteiger partial charge is 0.283 e. The number of hydrogen-bond donors (Lipinski definition) is 2. The summed E-state index contributed by atoms with van der Waals surface area (Å²) in [7, 11) is 0. The Morgan fingerprint density at radius 2 is 2.00 bits per heavy atom. The van der Waals surface area contributed by atoms with E-state index in [0.717, 1.165) is 10.5 Å². The third kappa shape index (κ3) is 2.97. The Morgan fingerprint density at radius 3 is 2.60 bits per heavy atom. The van der Waals surface area contributed by atoms with Gasteiger partial charge in [-0.3, -0.25) is 15.5 Å². The third-order valence-corrected chi connectivity index (χ3v) is 3.83. The van der Waals surface area contributed by atoms with Gasteiger partial charge in [0.25, 0.3) is 5.69 Å². The molecule has 0 aliphatic rings. The minimum Gasteiger partial charge on any atom is -0.384 e. The molecule has 0 aliphatic heterocycles. The maximum atomic E-state index is 11.0. The average Bonchev–Trinajstić information content (AvgIpc) is 2.38. The summed E-state index contributed by atoms with van der Waals surface area (Å²) in [6.45, 7) is 1.86. The van der Waals surface area contributed by atoms with Crippen LogP contribution in [0.5, 0.6) is 0 Å². The Bertz CT molecular complexity index is 686. The number of nitrogens with two attached hydrogens (primary N) is 1. The minimum absolute atomic E-state index is 0.0183. The molecule has 2 aromatic rings. The number of hydrogen-bond acceptors (Lipinski definition) is 4. The number of aryl methyl sites for hydroxylation is 1. The van der Waals surface area contributed by atoms with E-state index in [1.807, 2.05) is 19.1 Å². The monoisotopic (exact) mass is 287 g/mol. The van der Waals surface area contributed by atoms with Crippen LogP contribution in [0.2, 0.25) is 0 Å². The molecule has 0 radical (unpaired) electrons. The van der Waals surface area contributed by atoms with Crippen LogP contribution in [0, 0.1) is 22.4 Å². The Balaban J connectivity index is 2.34. The number of nitrogen functional groups attached to an aromatic ring is 1. The van der Waals surface area contributed by atoms with Gasteiger partial charge in [0.15, 0.2) is 0 Å². The maximum Gasteiger partial charge on any atom is 0.283 e. The molecule has 0 atom stereocenters. The molecule has 0 aromatic heterocycles. The molecule has 0 aliphatic carbocycles. The van der Waals surface area contributed by atoms with Crippen LogP contribution in [0.4, 0.5) is 5.69 Å². The topological polar surface area (TPSA) is 93.0 Å². The van der Waals surface area contributed by atoms with Crippen molar-refractivity contribution in [2.24, 2.45) is 5.73 Å². The third-order valence-electron chi connectivity index (χ3n) is 2.78. The highest BCUT2D eigenvalue weighted by Gasteiger charge is 2.14. The van der Waals surface area contributed by atoms with Gasteiger partial charge in [0.05, 0.1) is 9.82 Å². The van der Waals surface area contributed by atoms with E-state index in [1.54, 1.807) is 24.3 Å². The molecule has 6 heteroatoms. The van der Waals surface area contributed by atoms with Crippen molar-refractivity contribution < 1.29 is 4.92 Å². The summed E-state index contributed by atoms with van der Waals surface area (Å²) in [6, 6.07) is 12.1. The first-order valence-corrected chi connectivity index (χ1v) is 6.67. The molecule has 0 saturated carbocycles. The van der Waals surface area contributed by atoms with E-state index in [4.69, 9.17) is 11.1 Å². The van der Waals surface area contributed by atoms with Crippen molar-refractivity contribution in [2.75, 3.05) is 0 Å². The van der Waals surface area contributed by atoms with Gasteiger partial charge in [-0.25, -0.2) is 0 Å². The summed E-state index contributed by atoms with van der Waals surface area (Å²) in [6.07, 6.45) is 0. The van der Waals surface area contributed by atoms with Crippen molar-refractivity contribution in [3.05, 3.63) is 63.7 Å². The molecule has 2 aromatic carbocycles. The molecule has 0 amide bonds. The zero-order valence-corrected chi connectivity index (χ0v) is 11.6. The lowest BCUT2D eigenvalue weighted by Gasteiger charge is -2.07. The van der Waals surface area contributed by atoms with Crippen LogP contribution in [0.25, 0.3) is 0 Å². The lowest BCUT2D eigenvalue weighted by Crippen LogP contribution is -2.12. The molecule has 0 fully saturated rings. The van der Waals surface area contributed by atoms with Crippen LogP contribution in [-0.2, 0) is 0 Å². The molecule has 5 nitrogen and oxygen atoms in total. The molecule has 0 heterocycles. The summed E-state index contributed by atoms with van der Waals surface area (Å²) in [5.41, 5.74) is 7.11.